The molecule has 5 heterocycles. The number of hydrogen-bond donors (Lipinski definition) is 0. The third-order valence-corrected chi connectivity index (χ3v) is 6.88. The molecule has 0 spiro atoms. The summed E-state index contributed by atoms with van der Waals surface area (Å²) in [5, 5.41) is 0.494. The molecular weight excluding hydrogens is 470 g/mol. The van der Waals surface area contributed by atoms with Gasteiger partial charge in [0.25, 0.3) is 5.56 Å². The first-order chi connectivity index (χ1) is 18.0. The molecule has 0 radical (unpaired) electrons. The Bertz CT molecular complexity index is 1450. The van der Waals surface area contributed by atoms with Gasteiger partial charge in [-0.3, -0.25) is 14.3 Å². The number of morpholine rings is 1. The highest BCUT2D eigenvalue weighted by atomic mass is 16.7. The summed E-state index contributed by atoms with van der Waals surface area (Å²) in [6.07, 6.45) is 5.02. The van der Waals surface area contributed by atoms with E-state index in [1.807, 2.05) is 44.2 Å². The molecule has 0 N–H and O–H groups in total. The van der Waals surface area contributed by atoms with E-state index in [0.29, 0.717) is 35.5 Å². The van der Waals surface area contributed by atoms with Gasteiger partial charge in [0.1, 0.15) is 5.52 Å². The van der Waals surface area contributed by atoms with Crippen molar-refractivity contribution < 1.29 is 14.2 Å². The molecule has 0 atom stereocenters. The number of hydrogen-bond acceptors (Lipinski definition) is 8. The van der Waals surface area contributed by atoms with Gasteiger partial charge in [-0.1, -0.05) is 12.1 Å². The van der Waals surface area contributed by atoms with Gasteiger partial charge in [-0.25, -0.2) is 9.97 Å². The Kier molecular flexibility index (Phi) is 6.19. The SMILES string of the molecule is CC1(C)OCC(n2cnc3c(-c4cccnc4)nc(-c4ccc(N5CCOCC5)cc4)cc3c2=O)CO1. The van der Waals surface area contributed by atoms with E-state index >= 15 is 0 Å². The lowest BCUT2D eigenvalue weighted by Crippen LogP contribution is -2.42. The Morgan fingerprint density at radius 3 is 2.46 bits per heavy atom. The number of nitrogens with zero attached hydrogens (tertiary/aromatic N) is 5. The van der Waals surface area contributed by atoms with E-state index in [-0.39, 0.29) is 11.6 Å². The average Bonchev–Trinajstić information content (AvgIpc) is 2.94. The Morgan fingerprint density at radius 1 is 1.00 bits per heavy atom. The fourth-order valence-electron chi connectivity index (χ4n) is 4.76. The predicted octanol–water partition coefficient (Wildman–Crippen LogP) is 3.68. The van der Waals surface area contributed by atoms with E-state index in [1.54, 1.807) is 23.3 Å². The minimum absolute atomic E-state index is 0.152. The maximum absolute atomic E-state index is 13.8. The molecule has 2 aliphatic heterocycles. The number of pyridine rings is 2. The van der Waals surface area contributed by atoms with Crippen LogP contribution >= 0.6 is 0 Å². The Labute approximate surface area is 214 Å². The van der Waals surface area contributed by atoms with Gasteiger partial charge in [-0.15, -0.1) is 0 Å². The van der Waals surface area contributed by atoms with Gasteiger partial charge in [0.15, 0.2) is 5.79 Å². The highest BCUT2D eigenvalue weighted by molar-refractivity contribution is 5.93. The number of benzene rings is 1. The third kappa shape index (κ3) is 4.73. The van der Waals surface area contributed by atoms with Gasteiger partial charge in [0.2, 0.25) is 0 Å². The maximum atomic E-state index is 13.8. The molecule has 37 heavy (non-hydrogen) atoms. The summed E-state index contributed by atoms with van der Waals surface area (Å²) in [7, 11) is 0. The smallest absolute Gasteiger partial charge is 0.261 e. The first-order valence-electron chi connectivity index (χ1n) is 12.5. The second-order valence-electron chi connectivity index (χ2n) is 9.77. The van der Waals surface area contributed by atoms with E-state index in [0.717, 1.165) is 43.1 Å². The quantitative estimate of drug-likeness (QED) is 0.420. The minimum atomic E-state index is -0.664. The molecule has 2 fully saturated rings. The summed E-state index contributed by atoms with van der Waals surface area (Å²) in [6.45, 7) is 7.69. The minimum Gasteiger partial charge on any atom is -0.378 e. The van der Waals surface area contributed by atoms with Gasteiger partial charge in [-0.2, -0.15) is 0 Å². The number of fused-ring (bicyclic) bond motifs is 1. The van der Waals surface area contributed by atoms with Crippen LogP contribution in [0.15, 0.2) is 66.0 Å². The Hall–Kier alpha value is -3.66. The van der Waals surface area contributed by atoms with Gasteiger partial charge >= 0.3 is 0 Å². The molecule has 1 aromatic carbocycles. The van der Waals surface area contributed by atoms with E-state index in [1.165, 1.54) is 0 Å². The summed E-state index contributed by atoms with van der Waals surface area (Å²) in [5.74, 6) is -0.664. The van der Waals surface area contributed by atoms with E-state index < -0.39 is 5.79 Å². The highest BCUT2D eigenvalue weighted by Gasteiger charge is 2.30. The third-order valence-electron chi connectivity index (χ3n) is 6.88. The molecule has 2 aliphatic rings. The van der Waals surface area contributed by atoms with Gasteiger partial charge in [-0.05, 0) is 44.2 Å². The number of ether oxygens (including phenoxy) is 3. The zero-order valence-corrected chi connectivity index (χ0v) is 21.0. The van der Waals surface area contributed by atoms with Crippen LogP contribution in [0.25, 0.3) is 33.4 Å². The molecule has 6 rings (SSSR count). The van der Waals surface area contributed by atoms with Crippen molar-refractivity contribution in [1.29, 1.82) is 0 Å². The molecule has 4 aromatic rings. The molecule has 0 aliphatic carbocycles. The van der Waals surface area contributed by atoms with Crippen LogP contribution in [0.4, 0.5) is 5.69 Å². The molecule has 0 saturated carbocycles. The van der Waals surface area contributed by atoms with E-state index in [4.69, 9.17) is 19.2 Å². The summed E-state index contributed by atoms with van der Waals surface area (Å²) >= 11 is 0. The van der Waals surface area contributed by atoms with Crippen LogP contribution in [-0.2, 0) is 14.2 Å². The fraction of sp³-hybridized carbons (Fsp3) is 0.357. The van der Waals surface area contributed by atoms with Crippen molar-refractivity contribution >= 4 is 16.6 Å². The van der Waals surface area contributed by atoms with Crippen LogP contribution in [-0.4, -0.2) is 64.8 Å². The van der Waals surface area contributed by atoms with Crippen LogP contribution < -0.4 is 10.5 Å². The van der Waals surface area contributed by atoms with Crippen molar-refractivity contribution in [2.75, 3.05) is 44.4 Å². The topological polar surface area (TPSA) is 91.6 Å². The van der Waals surface area contributed by atoms with Crippen LogP contribution in [0.3, 0.4) is 0 Å². The number of rotatable bonds is 4. The number of aromatic nitrogens is 4. The van der Waals surface area contributed by atoms with Crippen molar-refractivity contribution in [2.45, 2.75) is 25.7 Å². The summed E-state index contributed by atoms with van der Waals surface area (Å²) in [4.78, 5) is 30.0. The first kappa shape index (κ1) is 23.7. The molecule has 0 unspecified atom stereocenters. The lowest BCUT2D eigenvalue weighted by atomic mass is 10.0. The van der Waals surface area contributed by atoms with Crippen molar-refractivity contribution in [2.24, 2.45) is 0 Å². The lowest BCUT2D eigenvalue weighted by Gasteiger charge is -2.35. The molecule has 9 heteroatoms. The molecule has 2 saturated heterocycles. The highest BCUT2D eigenvalue weighted by Crippen LogP contribution is 2.30. The summed E-state index contributed by atoms with van der Waals surface area (Å²) in [5.41, 5.74) is 4.58. The van der Waals surface area contributed by atoms with Crippen LogP contribution in [0, 0.1) is 0 Å². The normalized spacial score (nSPS) is 18.3. The van der Waals surface area contributed by atoms with Crippen LogP contribution in [0.1, 0.15) is 19.9 Å². The Balaban J connectivity index is 1.44. The molecule has 3 aromatic heterocycles. The monoisotopic (exact) mass is 499 g/mol. The zero-order chi connectivity index (χ0) is 25.4. The van der Waals surface area contributed by atoms with Crippen LogP contribution in [0.2, 0.25) is 0 Å². The largest absolute Gasteiger partial charge is 0.378 e. The molecule has 0 bridgehead atoms. The van der Waals surface area contributed by atoms with E-state index in [2.05, 4.69) is 27.0 Å². The second-order valence-corrected chi connectivity index (χ2v) is 9.77. The first-order valence-corrected chi connectivity index (χ1v) is 12.5. The van der Waals surface area contributed by atoms with Gasteiger partial charge in [0, 0.05) is 42.3 Å². The second kappa shape index (κ2) is 9.66. The van der Waals surface area contributed by atoms with Gasteiger partial charge < -0.3 is 19.1 Å². The van der Waals surface area contributed by atoms with E-state index in [9.17, 15) is 4.79 Å². The Morgan fingerprint density at radius 2 is 1.76 bits per heavy atom. The van der Waals surface area contributed by atoms with Crippen molar-refractivity contribution in [3.63, 3.8) is 0 Å². The molecular formula is C28H29N5O4. The molecule has 9 nitrogen and oxygen atoms in total. The molecule has 0 amide bonds. The fourth-order valence-corrected chi connectivity index (χ4v) is 4.76. The standard InChI is InChI=1S/C28H29N5O4/c1-28(2)36-16-22(17-37-28)33-18-30-26-23(27(33)34)14-24(31-25(26)20-4-3-9-29-15-20)19-5-7-21(8-6-19)32-10-12-35-13-11-32/h3-9,14-15,18,22H,10-13,16-17H2,1-2H3. The summed E-state index contributed by atoms with van der Waals surface area (Å²) < 4.78 is 18.7. The average molecular weight is 500 g/mol. The molecule has 190 valence electrons. The van der Waals surface area contributed by atoms with Gasteiger partial charge in [0.05, 0.1) is 55.6 Å². The van der Waals surface area contributed by atoms with Crippen molar-refractivity contribution in [1.82, 2.24) is 19.5 Å². The van der Waals surface area contributed by atoms with Crippen LogP contribution in [0.5, 0.6) is 0 Å². The number of anilines is 1. The van der Waals surface area contributed by atoms with Crippen molar-refractivity contribution in [3.8, 4) is 22.5 Å². The predicted molar refractivity (Wildman–Crippen MR) is 141 cm³/mol. The van der Waals surface area contributed by atoms with Crippen molar-refractivity contribution in [3.05, 3.63) is 71.5 Å². The maximum Gasteiger partial charge on any atom is 0.261 e. The zero-order valence-electron chi connectivity index (χ0n) is 21.0. The lowest BCUT2D eigenvalue weighted by molar-refractivity contribution is -0.258. The summed E-state index contributed by atoms with van der Waals surface area (Å²) in [6, 6.07) is 13.6.